The van der Waals surface area contributed by atoms with Crippen LogP contribution in [-0.4, -0.2) is 37.5 Å². The van der Waals surface area contributed by atoms with Crippen LogP contribution in [-0.2, 0) is 11.2 Å². The normalized spacial score (nSPS) is 15.2. The number of nitrogens with zero attached hydrogens (tertiary/aromatic N) is 1. The maximum atomic E-state index is 11.9. The molecule has 1 aliphatic rings. The Morgan fingerprint density at radius 3 is 2.72 bits per heavy atom. The van der Waals surface area contributed by atoms with Gasteiger partial charge in [-0.05, 0) is 37.8 Å². The molecule has 0 atom stereocenters. The molecule has 1 saturated carbocycles. The summed E-state index contributed by atoms with van der Waals surface area (Å²) in [6, 6.07) is 8.23. The Labute approximate surface area is 155 Å². The zero-order chi connectivity index (χ0) is 17.9. The van der Waals surface area contributed by atoms with Crippen LogP contribution in [0.25, 0.3) is 0 Å². The summed E-state index contributed by atoms with van der Waals surface area (Å²) in [4.78, 5) is 16.4. The lowest BCUT2D eigenvalue weighted by Crippen LogP contribution is -2.39. The highest BCUT2D eigenvalue weighted by Gasteiger charge is 2.16. The second-order valence-corrected chi connectivity index (χ2v) is 6.73. The molecule has 2 rings (SSSR count). The molecular formula is C19H29ClN4O. The highest BCUT2D eigenvalue weighted by molar-refractivity contribution is 6.31. The number of aliphatic imine (C=N–C) groups is 1. The molecule has 0 saturated heterocycles. The van der Waals surface area contributed by atoms with E-state index in [0.717, 1.165) is 48.9 Å². The molecule has 0 spiro atoms. The first-order valence-corrected chi connectivity index (χ1v) is 9.61. The number of amides is 1. The number of rotatable bonds is 8. The number of hydrogen-bond donors (Lipinski definition) is 3. The van der Waals surface area contributed by atoms with E-state index in [2.05, 4.69) is 20.9 Å². The first kappa shape index (κ1) is 19.6. The van der Waals surface area contributed by atoms with Gasteiger partial charge in [0, 0.05) is 30.6 Å². The molecule has 3 N–H and O–H groups in total. The predicted molar refractivity (Wildman–Crippen MR) is 104 cm³/mol. The van der Waals surface area contributed by atoms with Crippen LogP contribution in [0.5, 0.6) is 0 Å². The number of nitrogens with one attached hydrogen (secondary N) is 3. The van der Waals surface area contributed by atoms with Gasteiger partial charge < -0.3 is 16.0 Å². The summed E-state index contributed by atoms with van der Waals surface area (Å²) >= 11 is 6.17. The van der Waals surface area contributed by atoms with Gasteiger partial charge in [0.2, 0.25) is 5.91 Å². The van der Waals surface area contributed by atoms with Crippen LogP contribution in [0, 0.1) is 0 Å². The van der Waals surface area contributed by atoms with Gasteiger partial charge in [-0.1, -0.05) is 42.6 Å². The van der Waals surface area contributed by atoms with E-state index < -0.39 is 0 Å². The summed E-state index contributed by atoms with van der Waals surface area (Å²) in [6.07, 6.45) is 5.93. The average molecular weight is 365 g/mol. The van der Waals surface area contributed by atoms with Crippen molar-refractivity contribution in [2.45, 2.75) is 51.5 Å². The third-order valence-corrected chi connectivity index (χ3v) is 4.69. The van der Waals surface area contributed by atoms with Crippen LogP contribution in [0.15, 0.2) is 29.3 Å². The van der Waals surface area contributed by atoms with E-state index in [1.165, 1.54) is 12.8 Å². The molecule has 1 aliphatic carbocycles. The molecule has 25 heavy (non-hydrogen) atoms. The summed E-state index contributed by atoms with van der Waals surface area (Å²) in [5.41, 5.74) is 1.11. The van der Waals surface area contributed by atoms with Crippen molar-refractivity contribution in [3.8, 4) is 0 Å². The molecule has 1 aromatic carbocycles. The van der Waals surface area contributed by atoms with Gasteiger partial charge in [0.15, 0.2) is 5.96 Å². The van der Waals surface area contributed by atoms with Gasteiger partial charge in [0.1, 0.15) is 0 Å². The van der Waals surface area contributed by atoms with Crippen molar-refractivity contribution in [1.82, 2.24) is 16.0 Å². The first-order valence-electron chi connectivity index (χ1n) is 9.24. The van der Waals surface area contributed by atoms with Crippen molar-refractivity contribution in [2.75, 3.05) is 19.6 Å². The molecule has 0 aromatic heterocycles. The number of benzene rings is 1. The monoisotopic (exact) mass is 364 g/mol. The molecule has 1 amide bonds. The van der Waals surface area contributed by atoms with Gasteiger partial charge in [0.05, 0.1) is 6.54 Å². The third kappa shape index (κ3) is 7.34. The van der Waals surface area contributed by atoms with Gasteiger partial charge in [-0.15, -0.1) is 0 Å². The standard InChI is InChI=1S/C19H29ClN4O/c1-2-21-19(22-13-11-15-7-3-6-10-17(15)20)23-14-12-18(25)24-16-8-4-5-9-16/h3,6-7,10,16H,2,4-5,8-9,11-14H2,1H3,(H,24,25)(H2,21,22,23). The van der Waals surface area contributed by atoms with Crippen LogP contribution in [0.3, 0.4) is 0 Å². The van der Waals surface area contributed by atoms with Crippen molar-refractivity contribution in [3.05, 3.63) is 34.9 Å². The molecule has 0 bridgehead atoms. The fourth-order valence-electron chi connectivity index (χ4n) is 3.00. The second kappa shape index (κ2) is 11.0. The van der Waals surface area contributed by atoms with E-state index in [1.807, 2.05) is 31.2 Å². The average Bonchev–Trinajstić information content (AvgIpc) is 3.09. The SMILES string of the molecule is CCNC(=NCCC(=O)NC1CCCC1)NCCc1ccccc1Cl. The highest BCUT2D eigenvalue weighted by atomic mass is 35.5. The smallest absolute Gasteiger partial charge is 0.222 e. The molecule has 1 aromatic rings. The Morgan fingerprint density at radius 1 is 1.24 bits per heavy atom. The van der Waals surface area contributed by atoms with E-state index in [9.17, 15) is 4.79 Å². The minimum atomic E-state index is 0.0996. The summed E-state index contributed by atoms with van der Waals surface area (Å²) in [5.74, 6) is 0.839. The van der Waals surface area contributed by atoms with Crippen molar-refractivity contribution in [2.24, 2.45) is 4.99 Å². The topological polar surface area (TPSA) is 65.5 Å². The maximum Gasteiger partial charge on any atom is 0.222 e. The fraction of sp³-hybridized carbons (Fsp3) is 0.579. The number of carbonyl (C=O) groups excluding carboxylic acids is 1. The summed E-state index contributed by atoms with van der Waals surface area (Å²) < 4.78 is 0. The number of guanidine groups is 1. The Hall–Kier alpha value is -1.75. The Balaban J connectivity index is 1.71. The summed E-state index contributed by atoms with van der Waals surface area (Å²) in [7, 11) is 0. The third-order valence-electron chi connectivity index (χ3n) is 4.32. The lowest BCUT2D eigenvalue weighted by Gasteiger charge is -2.13. The van der Waals surface area contributed by atoms with Gasteiger partial charge in [0.25, 0.3) is 0 Å². The van der Waals surface area contributed by atoms with Crippen LogP contribution < -0.4 is 16.0 Å². The molecule has 0 unspecified atom stereocenters. The predicted octanol–water partition coefficient (Wildman–Crippen LogP) is 2.89. The molecule has 5 nitrogen and oxygen atoms in total. The largest absolute Gasteiger partial charge is 0.357 e. The van der Waals surface area contributed by atoms with Crippen LogP contribution in [0.4, 0.5) is 0 Å². The van der Waals surface area contributed by atoms with E-state index in [-0.39, 0.29) is 5.91 Å². The Kier molecular flexibility index (Phi) is 8.60. The van der Waals surface area contributed by atoms with Gasteiger partial charge in [-0.2, -0.15) is 0 Å². The summed E-state index contributed by atoms with van der Waals surface area (Å²) in [6.45, 7) is 4.04. The number of hydrogen-bond acceptors (Lipinski definition) is 2. The fourth-order valence-corrected chi connectivity index (χ4v) is 3.23. The van der Waals surface area contributed by atoms with E-state index in [1.54, 1.807) is 0 Å². The zero-order valence-electron chi connectivity index (χ0n) is 15.0. The van der Waals surface area contributed by atoms with Crippen LogP contribution in [0.2, 0.25) is 5.02 Å². The van der Waals surface area contributed by atoms with Gasteiger partial charge >= 0.3 is 0 Å². The molecular weight excluding hydrogens is 336 g/mol. The Bertz CT molecular complexity index is 570. The van der Waals surface area contributed by atoms with E-state index in [4.69, 9.17) is 11.6 Å². The second-order valence-electron chi connectivity index (χ2n) is 6.33. The molecule has 0 heterocycles. The van der Waals surface area contributed by atoms with Crippen LogP contribution >= 0.6 is 11.6 Å². The van der Waals surface area contributed by atoms with E-state index in [0.29, 0.717) is 19.0 Å². The molecule has 6 heteroatoms. The maximum absolute atomic E-state index is 11.9. The van der Waals surface area contributed by atoms with Crippen molar-refractivity contribution >= 4 is 23.5 Å². The molecule has 1 fully saturated rings. The quantitative estimate of drug-likeness (QED) is 0.491. The number of carbonyl (C=O) groups is 1. The highest BCUT2D eigenvalue weighted by Crippen LogP contribution is 2.17. The zero-order valence-corrected chi connectivity index (χ0v) is 15.7. The lowest BCUT2D eigenvalue weighted by molar-refractivity contribution is -0.121. The van der Waals surface area contributed by atoms with Crippen molar-refractivity contribution < 1.29 is 4.79 Å². The Morgan fingerprint density at radius 2 is 2.00 bits per heavy atom. The van der Waals surface area contributed by atoms with Gasteiger partial charge in [-0.25, -0.2) is 0 Å². The lowest BCUT2D eigenvalue weighted by atomic mass is 10.1. The number of halogens is 1. The first-order chi connectivity index (χ1) is 12.2. The van der Waals surface area contributed by atoms with Crippen molar-refractivity contribution in [1.29, 1.82) is 0 Å². The minimum Gasteiger partial charge on any atom is -0.357 e. The molecule has 138 valence electrons. The van der Waals surface area contributed by atoms with Crippen molar-refractivity contribution in [3.63, 3.8) is 0 Å². The van der Waals surface area contributed by atoms with Crippen LogP contribution in [0.1, 0.15) is 44.6 Å². The minimum absolute atomic E-state index is 0.0996. The summed E-state index contributed by atoms with van der Waals surface area (Å²) in [5, 5.41) is 10.4. The van der Waals surface area contributed by atoms with E-state index >= 15 is 0 Å². The molecule has 0 aliphatic heterocycles. The molecule has 0 radical (unpaired) electrons. The van der Waals surface area contributed by atoms with Gasteiger partial charge in [-0.3, -0.25) is 9.79 Å².